The van der Waals surface area contributed by atoms with Crippen LogP contribution in [0, 0.1) is 0 Å². The number of halogens is 2. The summed E-state index contributed by atoms with van der Waals surface area (Å²) in [5.41, 5.74) is 0. The second-order valence-electron chi connectivity index (χ2n) is 3.75. The largest absolute Gasteiger partial charge is 0.386 e. The van der Waals surface area contributed by atoms with Crippen LogP contribution in [0.1, 0.15) is 25.7 Å². The lowest BCUT2D eigenvalue weighted by atomic mass is 10.3. The van der Waals surface area contributed by atoms with Crippen molar-refractivity contribution in [3.63, 3.8) is 0 Å². The maximum absolute atomic E-state index is 12.0. The number of nitrogens with zero attached hydrogens (tertiary/aromatic N) is 3. The van der Waals surface area contributed by atoms with Crippen molar-refractivity contribution >= 4 is 0 Å². The zero-order chi connectivity index (χ0) is 12.1. The maximum Gasteiger partial charge on any atom is 0.265 e. The predicted octanol–water partition coefficient (Wildman–Crippen LogP) is 0.575. The molecule has 0 aliphatic carbocycles. The molecule has 1 unspecified atom stereocenters. The predicted molar refractivity (Wildman–Crippen MR) is 54.1 cm³/mol. The summed E-state index contributed by atoms with van der Waals surface area (Å²) in [6.07, 6.45) is -2.95. The first-order valence-electron chi connectivity index (χ1n) is 5.07. The second kappa shape index (κ2) is 5.86. The SMILES string of the molecule is CC(C)n1ncnc1CNCC(O)C(F)F. The third kappa shape index (κ3) is 3.49. The van der Waals surface area contributed by atoms with Gasteiger partial charge in [-0.3, -0.25) is 0 Å². The Morgan fingerprint density at radius 2 is 2.19 bits per heavy atom. The minimum absolute atomic E-state index is 0.164. The number of alkyl halides is 2. The lowest BCUT2D eigenvalue weighted by Crippen LogP contribution is -2.32. The Labute approximate surface area is 92.5 Å². The Hall–Kier alpha value is -1.08. The first kappa shape index (κ1) is 13.0. The molecule has 1 aromatic heterocycles. The Balaban J connectivity index is 2.40. The van der Waals surface area contributed by atoms with Crippen molar-refractivity contribution in [2.45, 2.75) is 39.0 Å². The van der Waals surface area contributed by atoms with E-state index in [1.54, 1.807) is 4.68 Å². The van der Waals surface area contributed by atoms with Gasteiger partial charge in [0, 0.05) is 12.6 Å². The van der Waals surface area contributed by atoms with Gasteiger partial charge in [0.2, 0.25) is 0 Å². The monoisotopic (exact) mass is 234 g/mol. The van der Waals surface area contributed by atoms with E-state index in [4.69, 9.17) is 5.11 Å². The van der Waals surface area contributed by atoms with E-state index in [2.05, 4.69) is 15.4 Å². The number of nitrogens with one attached hydrogen (secondary N) is 1. The van der Waals surface area contributed by atoms with Crippen LogP contribution in [0.4, 0.5) is 8.78 Å². The van der Waals surface area contributed by atoms with Gasteiger partial charge in [-0.2, -0.15) is 5.10 Å². The van der Waals surface area contributed by atoms with Gasteiger partial charge in [0.25, 0.3) is 6.43 Å². The fraction of sp³-hybridized carbons (Fsp3) is 0.778. The van der Waals surface area contributed by atoms with E-state index in [0.29, 0.717) is 12.4 Å². The summed E-state index contributed by atoms with van der Waals surface area (Å²) in [5.74, 6) is 0.663. The number of aromatic nitrogens is 3. The number of aliphatic hydroxyl groups is 1. The highest BCUT2D eigenvalue weighted by Crippen LogP contribution is 2.05. The summed E-state index contributed by atoms with van der Waals surface area (Å²) in [5, 5.41) is 15.6. The fourth-order valence-electron chi connectivity index (χ4n) is 1.25. The van der Waals surface area contributed by atoms with E-state index in [9.17, 15) is 8.78 Å². The van der Waals surface area contributed by atoms with Crippen LogP contribution in [0.5, 0.6) is 0 Å². The van der Waals surface area contributed by atoms with Crippen LogP contribution < -0.4 is 5.32 Å². The van der Waals surface area contributed by atoms with Crippen LogP contribution in [-0.4, -0.2) is 38.9 Å². The van der Waals surface area contributed by atoms with Gasteiger partial charge in [0.05, 0.1) is 6.54 Å². The molecule has 0 aliphatic rings. The first-order valence-corrected chi connectivity index (χ1v) is 5.07. The molecule has 1 atom stereocenters. The molecule has 92 valence electrons. The summed E-state index contributed by atoms with van der Waals surface area (Å²) in [4.78, 5) is 4.00. The van der Waals surface area contributed by atoms with E-state index < -0.39 is 12.5 Å². The van der Waals surface area contributed by atoms with Gasteiger partial charge in [-0.25, -0.2) is 18.4 Å². The second-order valence-corrected chi connectivity index (χ2v) is 3.75. The third-order valence-corrected chi connectivity index (χ3v) is 2.06. The molecule has 0 aliphatic heterocycles. The summed E-state index contributed by atoms with van der Waals surface area (Å²) < 4.78 is 25.7. The van der Waals surface area contributed by atoms with Gasteiger partial charge in [0.1, 0.15) is 18.3 Å². The standard InChI is InChI=1S/C9H16F2N4O/c1-6(2)15-8(13-5-14-15)4-12-3-7(16)9(10)11/h5-7,9,12,16H,3-4H2,1-2H3. The molecule has 0 amide bonds. The van der Waals surface area contributed by atoms with E-state index in [0.717, 1.165) is 0 Å². The smallest absolute Gasteiger partial charge is 0.265 e. The molecule has 7 heteroatoms. The van der Waals surface area contributed by atoms with Crippen molar-refractivity contribution in [1.82, 2.24) is 20.1 Å². The van der Waals surface area contributed by atoms with E-state index >= 15 is 0 Å². The highest BCUT2D eigenvalue weighted by Gasteiger charge is 2.16. The summed E-state index contributed by atoms with van der Waals surface area (Å²) in [7, 11) is 0. The minimum atomic E-state index is -2.73. The van der Waals surface area contributed by atoms with E-state index in [1.807, 2.05) is 13.8 Å². The normalized spacial score (nSPS) is 13.7. The van der Waals surface area contributed by atoms with Gasteiger partial charge in [0.15, 0.2) is 0 Å². The minimum Gasteiger partial charge on any atom is -0.386 e. The van der Waals surface area contributed by atoms with Gasteiger partial charge in [-0.15, -0.1) is 0 Å². The van der Waals surface area contributed by atoms with Crippen LogP contribution in [-0.2, 0) is 6.54 Å². The van der Waals surface area contributed by atoms with Crippen LogP contribution in [0.2, 0.25) is 0 Å². The van der Waals surface area contributed by atoms with Crippen molar-refractivity contribution < 1.29 is 13.9 Å². The zero-order valence-electron chi connectivity index (χ0n) is 9.27. The Morgan fingerprint density at radius 1 is 1.50 bits per heavy atom. The average Bonchev–Trinajstić information content (AvgIpc) is 2.65. The molecule has 0 bridgehead atoms. The summed E-state index contributed by atoms with van der Waals surface area (Å²) >= 11 is 0. The van der Waals surface area contributed by atoms with Crippen LogP contribution in [0.3, 0.4) is 0 Å². The highest BCUT2D eigenvalue weighted by molar-refractivity contribution is 4.85. The topological polar surface area (TPSA) is 63.0 Å². The Kier molecular flexibility index (Phi) is 4.75. The number of rotatable bonds is 6. The molecule has 0 saturated carbocycles. The third-order valence-electron chi connectivity index (χ3n) is 2.06. The van der Waals surface area contributed by atoms with Crippen LogP contribution in [0.25, 0.3) is 0 Å². The molecule has 0 spiro atoms. The molecule has 5 nitrogen and oxygen atoms in total. The van der Waals surface area contributed by atoms with Crippen LogP contribution >= 0.6 is 0 Å². The number of hydrogen-bond acceptors (Lipinski definition) is 4. The van der Waals surface area contributed by atoms with Crippen molar-refractivity contribution in [3.05, 3.63) is 12.2 Å². The molecule has 1 rings (SSSR count). The van der Waals surface area contributed by atoms with Gasteiger partial charge < -0.3 is 10.4 Å². The zero-order valence-corrected chi connectivity index (χ0v) is 9.27. The van der Waals surface area contributed by atoms with Crippen molar-refractivity contribution in [2.24, 2.45) is 0 Å². The van der Waals surface area contributed by atoms with Gasteiger partial charge in [-0.1, -0.05) is 0 Å². The molecule has 0 saturated heterocycles. The molecule has 0 radical (unpaired) electrons. The molecular formula is C9H16F2N4O. The van der Waals surface area contributed by atoms with Crippen LogP contribution in [0.15, 0.2) is 6.33 Å². The summed E-state index contributed by atoms with van der Waals surface area (Å²) in [6.45, 7) is 4.04. The molecule has 0 fully saturated rings. The van der Waals surface area contributed by atoms with E-state index in [1.165, 1.54) is 6.33 Å². The van der Waals surface area contributed by atoms with Gasteiger partial charge in [-0.05, 0) is 13.8 Å². The van der Waals surface area contributed by atoms with E-state index in [-0.39, 0.29) is 12.6 Å². The quantitative estimate of drug-likeness (QED) is 0.755. The molecule has 1 aromatic rings. The van der Waals surface area contributed by atoms with Gasteiger partial charge >= 0.3 is 0 Å². The molecular weight excluding hydrogens is 218 g/mol. The molecule has 16 heavy (non-hydrogen) atoms. The van der Waals surface area contributed by atoms with Crippen molar-refractivity contribution in [3.8, 4) is 0 Å². The highest BCUT2D eigenvalue weighted by atomic mass is 19.3. The van der Waals surface area contributed by atoms with Crippen molar-refractivity contribution in [1.29, 1.82) is 0 Å². The number of hydrogen-bond donors (Lipinski definition) is 2. The summed E-state index contributed by atoms with van der Waals surface area (Å²) in [6, 6.07) is 0.166. The number of aliphatic hydroxyl groups excluding tert-OH is 1. The first-order chi connectivity index (χ1) is 7.52. The molecule has 2 N–H and O–H groups in total. The van der Waals surface area contributed by atoms with Crippen molar-refractivity contribution in [2.75, 3.05) is 6.54 Å². The Bertz CT molecular complexity index is 316. The lowest BCUT2D eigenvalue weighted by Gasteiger charge is -2.12. The molecule has 1 heterocycles. The average molecular weight is 234 g/mol. The maximum atomic E-state index is 12.0. The lowest BCUT2D eigenvalue weighted by molar-refractivity contribution is -0.00353. The Morgan fingerprint density at radius 3 is 2.75 bits per heavy atom. The fourth-order valence-corrected chi connectivity index (χ4v) is 1.25. The molecule has 0 aromatic carbocycles.